The van der Waals surface area contributed by atoms with Crippen LogP contribution in [0.1, 0.15) is 11.1 Å². The maximum Gasteiger partial charge on any atom is 0.264 e. The summed E-state index contributed by atoms with van der Waals surface area (Å²) in [5, 5.41) is 0. The van der Waals surface area contributed by atoms with Gasteiger partial charge in [0.25, 0.3) is 10.0 Å². The van der Waals surface area contributed by atoms with E-state index >= 15 is 0 Å². The molecule has 124 valence electrons. The minimum atomic E-state index is -3.87. The van der Waals surface area contributed by atoms with Gasteiger partial charge in [-0.25, -0.2) is 12.8 Å². The predicted molar refractivity (Wildman–Crippen MR) is 88.2 cm³/mol. The molecule has 0 unspecified atom stereocenters. The summed E-state index contributed by atoms with van der Waals surface area (Å²) in [5.41, 5.74) is 2.21. The van der Waals surface area contributed by atoms with E-state index in [1.54, 1.807) is 25.2 Å². The number of amides is 1. The first-order chi connectivity index (χ1) is 11.4. The largest absolute Gasteiger partial charge is 0.315 e. The molecule has 2 aromatic carbocycles. The number of para-hydroxylation sites is 1. The van der Waals surface area contributed by atoms with Crippen LogP contribution in [0.15, 0.2) is 41.3 Å². The molecule has 0 spiro atoms. The van der Waals surface area contributed by atoms with Gasteiger partial charge in [0, 0.05) is 19.3 Å². The van der Waals surface area contributed by atoms with Crippen LogP contribution in [0.2, 0.25) is 0 Å². The zero-order valence-corrected chi connectivity index (χ0v) is 13.8. The molecule has 0 saturated heterocycles. The van der Waals surface area contributed by atoms with Crippen molar-refractivity contribution in [1.82, 2.24) is 0 Å². The Balaban J connectivity index is 1.79. The normalized spacial score (nSPS) is 16.5. The summed E-state index contributed by atoms with van der Waals surface area (Å²) in [4.78, 5) is 13.4. The van der Waals surface area contributed by atoms with Gasteiger partial charge < -0.3 is 4.90 Å². The SMILES string of the molecule is CN1C(=O)Cc2cc(S(=O)(=O)N3CCc4cccc(F)c43)ccc21. The highest BCUT2D eigenvalue weighted by Crippen LogP contribution is 2.37. The molecule has 2 aliphatic heterocycles. The summed E-state index contributed by atoms with van der Waals surface area (Å²) in [7, 11) is -2.21. The Morgan fingerprint density at radius 3 is 2.71 bits per heavy atom. The van der Waals surface area contributed by atoms with Crippen molar-refractivity contribution >= 4 is 27.3 Å². The fourth-order valence-corrected chi connectivity index (χ4v) is 4.91. The second kappa shape index (κ2) is 5.04. The van der Waals surface area contributed by atoms with E-state index in [1.807, 2.05) is 0 Å². The lowest BCUT2D eigenvalue weighted by molar-refractivity contribution is -0.117. The molecular formula is C17H15FN2O3S. The molecule has 4 rings (SSSR count). The van der Waals surface area contributed by atoms with Crippen molar-refractivity contribution in [3.8, 4) is 0 Å². The quantitative estimate of drug-likeness (QED) is 0.837. The van der Waals surface area contributed by atoms with Crippen LogP contribution < -0.4 is 9.21 Å². The lowest BCUT2D eigenvalue weighted by Gasteiger charge is -2.20. The molecule has 0 radical (unpaired) electrons. The Morgan fingerprint density at radius 2 is 1.92 bits per heavy atom. The molecular weight excluding hydrogens is 331 g/mol. The van der Waals surface area contributed by atoms with Gasteiger partial charge in [0.1, 0.15) is 5.82 Å². The number of rotatable bonds is 2. The summed E-state index contributed by atoms with van der Waals surface area (Å²) in [6.07, 6.45) is 0.665. The molecule has 2 aromatic rings. The first-order valence-electron chi connectivity index (χ1n) is 7.59. The van der Waals surface area contributed by atoms with E-state index in [9.17, 15) is 17.6 Å². The average Bonchev–Trinajstić information content (AvgIpc) is 3.11. The van der Waals surface area contributed by atoms with Gasteiger partial charge in [-0.05, 0) is 41.8 Å². The van der Waals surface area contributed by atoms with Crippen LogP contribution in [-0.4, -0.2) is 27.9 Å². The minimum Gasteiger partial charge on any atom is -0.315 e. The van der Waals surface area contributed by atoms with Crippen LogP contribution >= 0.6 is 0 Å². The van der Waals surface area contributed by atoms with Crippen LogP contribution in [-0.2, 0) is 27.7 Å². The Labute approximate surface area is 139 Å². The van der Waals surface area contributed by atoms with Gasteiger partial charge in [0.2, 0.25) is 5.91 Å². The molecule has 5 nitrogen and oxygen atoms in total. The van der Waals surface area contributed by atoms with Crippen molar-refractivity contribution in [2.24, 2.45) is 0 Å². The van der Waals surface area contributed by atoms with Crippen molar-refractivity contribution in [3.05, 3.63) is 53.3 Å². The zero-order chi connectivity index (χ0) is 17.1. The zero-order valence-electron chi connectivity index (χ0n) is 13.0. The third-order valence-corrected chi connectivity index (χ3v) is 6.42. The highest BCUT2D eigenvalue weighted by Gasteiger charge is 2.34. The standard InChI is InChI=1S/C17H15FN2O3S/c1-19-15-6-5-13(9-12(15)10-16(19)21)24(22,23)20-8-7-11-3-2-4-14(18)17(11)20/h2-6,9H,7-8,10H2,1H3. The van der Waals surface area contributed by atoms with E-state index in [0.717, 1.165) is 4.31 Å². The van der Waals surface area contributed by atoms with Crippen molar-refractivity contribution in [2.75, 3.05) is 22.8 Å². The van der Waals surface area contributed by atoms with Crippen molar-refractivity contribution in [2.45, 2.75) is 17.7 Å². The second-order valence-corrected chi connectivity index (χ2v) is 7.86. The number of carbonyl (C=O) groups is 1. The number of benzene rings is 2. The number of sulfonamides is 1. The van der Waals surface area contributed by atoms with Gasteiger partial charge in [-0.15, -0.1) is 0 Å². The fraction of sp³-hybridized carbons (Fsp3) is 0.235. The van der Waals surface area contributed by atoms with Gasteiger partial charge in [-0.3, -0.25) is 9.10 Å². The Morgan fingerprint density at radius 1 is 1.12 bits per heavy atom. The molecule has 1 amide bonds. The Hall–Kier alpha value is -2.41. The maximum atomic E-state index is 14.2. The summed E-state index contributed by atoms with van der Waals surface area (Å²) in [6.45, 7) is 0.217. The molecule has 0 bridgehead atoms. The third-order valence-electron chi connectivity index (χ3n) is 4.62. The molecule has 24 heavy (non-hydrogen) atoms. The van der Waals surface area contributed by atoms with Crippen LogP contribution in [0.3, 0.4) is 0 Å². The average molecular weight is 346 g/mol. The topological polar surface area (TPSA) is 57.7 Å². The molecule has 0 aromatic heterocycles. The van der Waals surface area contributed by atoms with E-state index < -0.39 is 15.8 Å². The molecule has 7 heteroatoms. The number of anilines is 2. The van der Waals surface area contributed by atoms with Crippen molar-refractivity contribution in [3.63, 3.8) is 0 Å². The first kappa shape index (κ1) is 15.1. The van der Waals surface area contributed by atoms with Gasteiger partial charge >= 0.3 is 0 Å². The summed E-state index contributed by atoms with van der Waals surface area (Å²) in [6, 6.07) is 9.22. The molecule has 2 heterocycles. The number of hydrogen-bond donors (Lipinski definition) is 0. The van der Waals surface area contributed by atoms with Gasteiger partial charge in [-0.1, -0.05) is 12.1 Å². The number of halogens is 1. The minimum absolute atomic E-state index is 0.0721. The van der Waals surface area contributed by atoms with Crippen LogP contribution in [0, 0.1) is 5.82 Å². The highest BCUT2D eigenvalue weighted by atomic mass is 32.2. The van der Waals surface area contributed by atoms with Gasteiger partial charge in [0.15, 0.2) is 0 Å². The maximum absolute atomic E-state index is 14.2. The molecule has 0 fully saturated rings. The first-order valence-corrected chi connectivity index (χ1v) is 9.03. The van der Waals surface area contributed by atoms with Crippen LogP contribution in [0.5, 0.6) is 0 Å². The molecule has 0 N–H and O–H groups in total. The fourth-order valence-electron chi connectivity index (χ4n) is 3.35. The van der Waals surface area contributed by atoms with E-state index in [1.165, 1.54) is 23.1 Å². The number of nitrogens with zero attached hydrogens (tertiary/aromatic N) is 2. The summed E-state index contributed by atoms with van der Waals surface area (Å²) >= 11 is 0. The predicted octanol–water partition coefficient (Wildman–Crippen LogP) is 2.10. The molecule has 0 saturated carbocycles. The van der Waals surface area contributed by atoms with Crippen LogP contribution in [0.25, 0.3) is 0 Å². The van der Waals surface area contributed by atoms with E-state index in [4.69, 9.17) is 0 Å². The number of carbonyl (C=O) groups excluding carboxylic acids is 1. The van der Waals surface area contributed by atoms with Gasteiger partial charge in [-0.2, -0.15) is 0 Å². The van der Waals surface area contributed by atoms with Gasteiger partial charge in [0.05, 0.1) is 17.0 Å². The smallest absolute Gasteiger partial charge is 0.264 e. The number of likely N-dealkylation sites (N-methyl/N-ethyl adjacent to an activating group) is 1. The van der Waals surface area contributed by atoms with Crippen molar-refractivity contribution in [1.29, 1.82) is 0 Å². The van der Waals surface area contributed by atoms with Crippen molar-refractivity contribution < 1.29 is 17.6 Å². The summed E-state index contributed by atoms with van der Waals surface area (Å²) in [5.74, 6) is -0.609. The monoisotopic (exact) mass is 346 g/mol. The lowest BCUT2D eigenvalue weighted by atomic mass is 10.2. The summed E-state index contributed by atoms with van der Waals surface area (Å²) < 4.78 is 41.2. The third kappa shape index (κ3) is 2.04. The second-order valence-electron chi connectivity index (χ2n) is 5.99. The highest BCUT2D eigenvalue weighted by molar-refractivity contribution is 7.92. The number of fused-ring (bicyclic) bond motifs is 2. The van der Waals surface area contributed by atoms with E-state index in [-0.39, 0.29) is 29.5 Å². The molecule has 2 aliphatic rings. The Kier molecular flexibility index (Phi) is 3.18. The van der Waals surface area contributed by atoms with E-state index in [0.29, 0.717) is 23.2 Å². The number of hydrogen-bond acceptors (Lipinski definition) is 3. The van der Waals surface area contributed by atoms with E-state index in [2.05, 4.69) is 0 Å². The Bertz CT molecular complexity index is 972. The molecule has 0 aliphatic carbocycles. The molecule has 0 atom stereocenters. The van der Waals surface area contributed by atoms with Crippen LogP contribution in [0.4, 0.5) is 15.8 Å². The lowest BCUT2D eigenvalue weighted by Crippen LogP contribution is -2.29.